The van der Waals surface area contributed by atoms with Crippen LogP contribution in [0.5, 0.6) is 0 Å². The third-order valence-corrected chi connectivity index (χ3v) is 8.58. The third-order valence-electron chi connectivity index (χ3n) is 8.58. The number of Topliss-reactive ketones (excluding diaryl/α,β-unsaturated/α-hetero) is 1. The topological polar surface area (TPSA) is 94.8 Å². The number of aliphatic hydroxyl groups excluding tert-OH is 2. The van der Waals surface area contributed by atoms with Crippen molar-refractivity contribution in [3.63, 3.8) is 0 Å². The molecule has 4 aliphatic carbocycles. The van der Waals surface area contributed by atoms with Gasteiger partial charge in [-0.15, -0.1) is 0 Å². The molecule has 0 aromatic rings. The summed E-state index contributed by atoms with van der Waals surface area (Å²) in [6, 6.07) is 0. The number of fused-ring (bicyclic) bond motifs is 5. The highest BCUT2D eigenvalue weighted by atomic mass is 16.3. The number of hydrogen-bond acceptors (Lipinski definition) is 5. The molecule has 2 fully saturated rings. The van der Waals surface area contributed by atoms with Crippen LogP contribution in [0.1, 0.15) is 52.9 Å². The summed E-state index contributed by atoms with van der Waals surface area (Å²) in [5.74, 6) is -0.197. The monoisotopic (exact) mass is 374 g/mol. The van der Waals surface area contributed by atoms with E-state index < -0.39 is 29.5 Å². The Bertz CT molecular complexity index is 767. The number of ketones is 2. The Morgan fingerprint density at radius 3 is 2.70 bits per heavy atom. The van der Waals surface area contributed by atoms with Crippen molar-refractivity contribution in [2.75, 3.05) is 6.61 Å². The molecule has 4 aliphatic rings. The summed E-state index contributed by atoms with van der Waals surface area (Å²) < 4.78 is 0. The maximum Gasteiger partial charge on any atom is 0.190 e. The molecule has 2 unspecified atom stereocenters. The molecular formula is C22H30O5. The smallest absolute Gasteiger partial charge is 0.190 e. The SMILES string of the molecule is CC1=C2CC(=O)C=C[C@]2(C)[C@@H]2C(C1)C1CC[C@](O)(C(=O)CO)[C@@]1(C)C[C@@H]2O. The molecule has 0 aliphatic heterocycles. The molecular weight excluding hydrogens is 344 g/mol. The van der Waals surface area contributed by atoms with Gasteiger partial charge in [-0.05, 0) is 50.5 Å². The molecule has 0 aromatic carbocycles. The van der Waals surface area contributed by atoms with Crippen molar-refractivity contribution in [3.05, 3.63) is 23.3 Å². The Hall–Kier alpha value is -1.30. The summed E-state index contributed by atoms with van der Waals surface area (Å²) in [5, 5.41) is 31.9. The van der Waals surface area contributed by atoms with Crippen LogP contribution in [-0.4, -0.2) is 45.2 Å². The van der Waals surface area contributed by atoms with Crippen LogP contribution < -0.4 is 0 Å². The van der Waals surface area contributed by atoms with Crippen molar-refractivity contribution in [2.45, 2.75) is 64.6 Å². The third kappa shape index (κ3) is 2.28. The molecule has 5 heteroatoms. The first-order valence-corrected chi connectivity index (χ1v) is 10.0. The predicted molar refractivity (Wildman–Crippen MR) is 99.7 cm³/mol. The maximum absolute atomic E-state index is 12.4. The van der Waals surface area contributed by atoms with Gasteiger partial charge in [-0.2, -0.15) is 0 Å². The highest BCUT2D eigenvalue weighted by Crippen LogP contribution is 2.67. The summed E-state index contributed by atoms with van der Waals surface area (Å²) >= 11 is 0. The van der Waals surface area contributed by atoms with Gasteiger partial charge in [-0.25, -0.2) is 0 Å². The van der Waals surface area contributed by atoms with Crippen molar-refractivity contribution in [1.82, 2.24) is 0 Å². The van der Waals surface area contributed by atoms with E-state index in [1.165, 1.54) is 5.57 Å². The van der Waals surface area contributed by atoms with Crippen LogP contribution >= 0.6 is 0 Å². The lowest BCUT2D eigenvalue weighted by Gasteiger charge is -2.59. The van der Waals surface area contributed by atoms with Gasteiger partial charge in [0.1, 0.15) is 12.2 Å². The van der Waals surface area contributed by atoms with Crippen molar-refractivity contribution < 1.29 is 24.9 Å². The van der Waals surface area contributed by atoms with E-state index in [0.29, 0.717) is 25.7 Å². The molecule has 4 rings (SSSR count). The Kier molecular flexibility index (Phi) is 4.12. The number of carbonyl (C=O) groups excluding carboxylic acids is 2. The fourth-order valence-corrected chi connectivity index (χ4v) is 7.27. The minimum Gasteiger partial charge on any atom is -0.393 e. The summed E-state index contributed by atoms with van der Waals surface area (Å²) in [7, 11) is 0. The zero-order valence-electron chi connectivity index (χ0n) is 16.4. The Balaban J connectivity index is 1.80. The van der Waals surface area contributed by atoms with Gasteiger partial charge in [0, 0.05) is 23.2 Å². The molecule has 0 amide bonds. The number of aliphatic hydroxyl groups is 3. The van der Waals surface area contributed by atoms with Gasteiger partial charge in [0.2, 0.25) is 0 Å². The lowest BCUT2D eigenvalue weighted by atomic mass is 9.46. The van der Waals surface area contributed by atoms with Crippen LogP contribution in [0.4, 0.5) is 0 Å². The summed E-state index contributed by atoms with van der Waals surface area (Å²) in [6.07, 6.45) is 5.56. The van der Waals surface area contributed by atoms with E-state index in [2.05, 4.69) is 13.8 Å². The first-order valence-electron chi connectivity index (χ1n) is 10.0. The van der Waals surface area contributed by atoms with E-state index in [0.717, 1.165) is 12.0 Å². The molecule has 0 heterocycles. The zero-order valence-corrected chi connectivity index (χ0v) is 16.4. The Labute approximate surface area is 160 Å². The molecule has 5 nitrogen and oxygen atoms in total. The standard InChI is InChI=1S/C22H30O5/c1-12-8-14-15-5-7-22(27,18(26)11-23)21(15,3)10-17(25)19(14)20(2)6-4-13(24)9-16(12)20/h4,6,14-15,17,19,23,25,27H,5,7-11H2,1-3H3/t14?,15?,17-,19+,20-,21-,22-/m0/s1. The molecule has 0 bridgehead atoms. The molecule has 0 aromatic heterocycles. The summed E-state index contributed by atoms with van der Waals surface area (Å²) in [5.41, 5.74) is -0.329. The average molecular weight is 374 g/mol. The van der Waals surface area contributed by atoms with Crippen molar-refractivity contribution in [2.24, 2.45) is 28.6 Å². The van der Waals surface area contributed by atoms with Gasteiger partial charge < -0.3 is 15.3 Å². The normalized spacial score (nSPS) is 48.9. The van der Waals surface area contributed by atoms with Gasteiger partial charge in [0.25, 0.3) is 0 Å². The molecule has 27 heavy (non-hydrogen) atoms. The highest BCUT2D eigenvalue weighted by molar-refractivity contribution is 5.93. The first kappa shape index (κ1) is 19.0. The van der Waals surface area contributed by atoms with Crippen LogP contribution in [0, 0.1) is 28.6 Å². The number of rotatable bonds is 2. The first-order chi connectivity index (χ1) is 12.6. The average Bonchev–Trinajstić information content (AvgIpc) is 2.87. The number of carbonyl (C=O) groups is 2. The second-order valence-corrected chi connectivity index (χ2v) is 9.69. The van der Waals surface area contributed by atoms with Gasteiger partial charge in [-0.3, -0.25) is 9.59 Å². The lowest BCUT2D eigenvalue weighted by molar-refractivity contribution is -0.176. The second kappa shape index (κ2) is 5.85. The van der Waals surface area contributed by atoms with E-state index in [9.17, 15) is 24.9 Å². The van der Waals surface area contributed by atoms with E-state index >= 15 is 0 Å². The van der Waals surface area contributed by atoms with Gasteiger partial charge in [-0.1, -0.05) is 31.1 Å². The van der Waals surface area contributed by atoms with Crippen molar-refractivity contribution in [1.29, 1.82) is 0 Å². The van der Waals surface area contributed by atoms with Crippen LogP contribution in [0.15, 0.2) is 23.3 Å². The fraction of sp³-hybridized carbons (Fsp3) is 0.727. The van der Waals surface area contributed by atoms with Crippen molar-refractivity contribution >= 4 is 11.6 Å². The molecule has 0 radical (unpaired) electrons. The van der Waals surface area contributed by atoms with Crippen molar-refractivity contribution in [3.8, 4) is 0 Å². The molecule has 7 atom stereocenters. The van der Waals surface area contributed by atoms with Crippen LogP contribution in [-0.2, 0) is 9.59 Å². The van der Waals surface area contributed by atoms with E-state index in [4.69, 9.17) is 0 Å². The predicted octanol–water partition coefficient (Wildman–Crippen LogP) is 1.95. The van der Waals surface area contributed by atoms with Crippen LogP contribution in [0.25, 0.3) is 0 Å². The molecule has 2 saturated carbocycles. The minimum atomic E-state index is -1.57. The van der Waals surface area contributed by atoms with Gasteiger partial charge in [0.15, 0.2) is 11.6 Å². The van der Waals surface area contributed by atoms with Crippen LogP contribution in [0.2, 0.25) is 0 Å². The molecule has 0 saturated heterocycles. The molecule has 3 N–H and O–H groups in total. The van der Waals surface area contributed by atoms with Crippen LogP contribution in [0.3, 0.4) is 0 Å². The number of hydrogen-bond donors (Lipinski definition) is 3. The lowest BCUT2D eigenvalue weighted by Crippen LogP contribution is -2.61. The minimum absolute atomic E-state index is 0.0230. The van der Waals surface area contributed by atoms with E-state index in [1.54, 1.807) is 6.08 Å². The summed E-state index contributed by atoms with van der Waals surface area (Å²) in [6.45, 7) is 5.44. The molecule has 0 spiro atoms. The molecule has 148 valence electrons. The quantitative estimate of drug-likeness (QED) is 0.642. The van der Waals surface area contributed by atoms with E-state index in [-0.39, 0.29) is 29.0 Å². The second-order valence-electron chi connectivity index (χ2n) is 9.69. The van der Waals surface area contributed by atoms with Gasteiger partial charge in [0.05, 0.1) is 6.10 Å². The largest absolute Gasteiger partial charge is 0.393 e. The Morgan fingerprint density at radius 1 is 1.33 bits per heavy atom. The zero-order chi connectivity index (χ0) is 19.8. The fourth-order valence-electron chi connectivity index (χ4n) is 7.27. The maximum atomic E-state index is 12.4. The Morgan fingerprint density at radius 2 is 2.04 bits per heavy atom. The van der Waals surface area contributed by atoms with Gasteiger partial charge >= 0.3 is 0 Å². The van der Waals surface area contributed by atoms with E-state index in [1.807, 2.05) is 13.0 Å². The summed E-state index contributed by atoms with van der Waals surface area (Å²) in [4.78, 5) is 24.4. The number of allylic oxidation sites excluding steroid dienone is 4. The highest BCUT2D eigenvalue weighted by Gasteiger charge is 2.68.